The van der Waals surface area contributed by atoms with Gasteiger partial charge in [0, 0.05) is 6.04 Å². The van der Waals surface area contributed by atoms with Gasteiger partial charge in [-0.15, -0.1) is 0 Å². The van der Waals surface area contributed by atoms with E-state index in [9.17, 15) is 4.39 Å². The van der Waals surface area contributed by atoms with Gasteiger partial charge in [0.15, 0.2) is 0 Å². The lowest BCUT2D eigenvalue weighted by molar-refractivity contribution is 0.238. The molecular weight excluding hydrogens is 141 g/mol. The minimum atomic E-state index is -0.207. The van der Waals surface area contributed by atoms with E-state index in [0.29, 0.717) is 5.92 Å². The Bertz CT molecular complexity index is 95.7. The van der Waals surface area contributed by atoms with Crippen LogP contribution >= 0.6 is 0 Å². The number of hydrogen-bond donors (Lipinski definition) is 1. The first-order valence-electron chi connectivity index (χ1n) is 4.61. The molecule has 1 unspecified atom stereocenters. The molecule has 11 heavy (non-hydrogen) atoms. The lowest BCUT2D eigenvalue weighted by Gasteiger charge is -2.27. The van der Waals surface area contributed by atoms with Crippen molar-refractivity contribution in [1.29, 1.82) is 0 Å². The quantitative estimate of drug-likeness (QED) is 0.665. The fraction of sp³-hybridized carbons (Fsp3) is 1.00. The van der Waals surface area contributed by atoms with Crippen LogP contribution in [0, 0.1) is 5.92 Å². The first-order valence-corrected chi connectivity index (χ1v) is 4.61. The van der Waals surface area contributed by atoms with Gasteiger partial charge in [0.1, 0.15) is 6.67 Å². The van der Waals surface area contributed by atoms with E-state index in [0.717, 1.165) is 0 Å². The molecule has 0 radical (unpaired) electrons. The molecule has 2 heteroatoms. The van der Waals surface area contributed by atoms with Crippen molar-refractivity contribution < 1.29 is 4.39 Å². The largest absolute Gasteiger partial charge is 0.314 e. The molecule has 0 spiro atoms. The Morgan fingerprint density at radius 1 is 1.36 bits per heavy atom. The van der Waals surface area contributed by atoms with Crippen molar-refractivity contribution in [3.05, 3.63) is 0 Å². The molecule has 1 fully saturated rings. The minimum absolute atomic E-state index is 0.121. The van der Waals surface area contributed by atoms with Gasteiger partial charge in [-0.05, 0) is 25.8 Å². The Morgan fingerprint density at radius 3 is 2.45 bits per heavy atom. The van der Waals surface area contributed by atoms with E-state index in [1.54, 1.807) is 0 Å². The van der Waals surface area contributed by atoms with Crippen LogP contribution in [0.2, 0.25) is 0 Å². The average molecular weight is 159 g/mol. The van der Waals surface area contributed by atoms with Gasteiger partial charge in [0.05, 0.1) is 0 Å². The smallest absolute Gasteiger partial charge is 0.105 e. The summed E-state index contributed by atoms with van der Waals surface area (Å²) in [6.07, 6.45) is 6.37. The highest BCUT2D eigenvalue weighted by Gasteiger charge is 2.21. The van der Waals surface area contributed by atoms with Crippen molar-refractivity contribution in [3.8, 4) is 0 Å². The van der Waals surface area contributed by atoms with Crippen LogP contribution in [0.4, 0.5) is 4.39 Å². The summed E-state index contributed by atoms with van der Waals surface area (Å²) in [7, 11) is 1.86. The summed E-state index contributed by atoms with van der Waals surface area (Å²) in [4.78, 5) is 0. The third-order valence-corrected chi connectivity index (χ3v) is 2.76. The number of alkyl halides is 1. The zero-order valence-corrected chi connectivity index (χ0v) is 7.28. The summed E-state index contributed by atoms with van der Waals surface area (Å²) in [5, 5.41) is 3.05. The van der Waals surface area contributed by atoms with Gasteiger partial charge >= 0.3 is 0 Å². The normalized spacial score (nSPS) is 23.5. The highest BCUT2D eigenvalue weighted by molar-refractivity contribution is 4.77. The topological polar surface area (TPSA) is 12.0 Å². The third kappa shape index (κ3) is 2.44. The summed E-state index contributed by atoms with van der Waals surface area (Å²) >= 11 is 0. The Balaban J connectivity index is 2.30. The fourth-order valence-corrected chi connectivity index (χ4v) is 1.98. The molecule has 1 aliphatic carbocycles. The first-order chi connectivity index (χ1) is 5.38. The van der Waals surface area contributed by atoms with Gasteiger partial charge in [0.2, 0.25) is 0 Å². The Morgan fingerprint density at radius 2 is 2.00 bits per heavy atom. The second-order valence-electron chi connectivity index (χ2n) is 3.45. The molecule has 1 aliphatic rings. The Hall–Kier alpha value is -0.110. The van der Waals surface area contributed by atoms with Gasteiger partial charge in [-0.2, -0.15) is 0 Å². The van der Waals surface area contributed by atoms with Crippen LogP contribution in [0.1, 0.15) is 32.1 Å². The molecule has 1 N–H and O–H groups in total. The van der Waals surface area contributed by atoms with E-state index in [4.69, 9.17) is 0 Å². The molecule has 0 aromatic carbocycles. The molecular formula is C9H18FN. The van der Waals surface area contributed by atoms with Crippen molar-refractivity contribution in [2.45, 2.75) is 38.1 Å². The molecule has 0 aromatic rings. The van der Waals surface area contributed by atoms with Gasteiger partial charge in [-0.1, -0.05) is 19.3 Å². The summed E-state index contributed by atoms with van der Waals surface area (Å²) in [6, 6.07) is 0.121. The molecule has 0 saturated heterocycles. The average Bonchev–Trinajstić information content (AvgIpc) is 2.09. The number of rotatable bonds is 3. The number of nitrogens with one attached hydrogen (secondary N) is 1. The Kier molecular flexibility index (Phi) is 3.84. The summed E-state index contributed by atoms with van der Waals surface area (Å²) < 4.78 is 12.4. The van der Waals surface area contributed by atoms with Crippen molar-refractivity contribution in [2.75, 3.05) is 13.7 Å². The molecule has 0 heterocycles. The highest BCUT2D eigenvalue weighted by atomic mass is 19.1. The van der Waals surface area contributed by atoms with Crippen molar-refractivity contribution >= 4 is 0 Å². The van der Waals surface area contributed by atoms with Crippen molar-refractivity contribution in [3.63, 3.8) is 0 Å². The standard InChI is InChI=1S/C9H18FN/c1-11-9(7-10)8-5-3-2-4-6-8/h8-9,11H,2-7H2,1H3. The highest BCUT2D eigenvalue weighted by Crippen LogP contribution is 2.26. The SMILES string of the molecule is CNC(CF)C1CCCCC1. The van der Waals surface area contributed by atoms with Gasteiger partial charge in [0.25, 0.3) is 0 Å². The molecule has 0 bridgehead atoms. The monoisotopic (exact) mass is 159 g/mol. The minimum Gasteiger partial charge on any atom is -0.314 e. The lowest BCUT2D eigenvalue weighted by atomic mass is 9.84. The van der Waals surface area contributed by atoms with Crippen LogP contribution in [0.5, 0.6) is 0 Å². The van der Waals surface area contributed by atoms with Crippen LogP contribution < -0.4 is 5.32 Å². The summed E-state index contributed by atoms with van der Waals surface area (Å²) in [5.74, 6) is 0.596. The van der Waals surface area contributed by atoms with E-state index < -0.39 is 0 Å². The van der Waals surface area contributed by atoms with Crippen LogP contribution in [0.15, 0.2) is 0 Å². The molecule has 1 nitrogen and oxygen atoms in total. The van der Waals surface area contributed by atoms with E-state index in [1.807, 2.05) is 7.05 Å². The summed E-state index contributed by atoms with van der Waals surface area (Å²) in [5.41, 5.74) is 0. The number of hydrogen-bond acceptors (Lipinski definition) is 1. The lowest BCUT2D eigenvalue weighted by Crippen LogP contribution is -2.36. The molecule has 0 aromatic heterocycles. The predicted octanol–water partition coefficient (Wildman–Crippen LogP) is 2.12. The molecule has 1 rings (SSSR count). The zero-order valence-electron chi connectivity index (χ0n) is 7.28. The van der Waals surface area contributed by atoms with E-state index in [-0.39, 0.29) is 12.7 Å². The van der Waals surface area contributed by atoms with Crippen molar-refractivity contribution in [1.82, 2.24) is 5.32 Å². The van der Waals surface area contributed by atoms with E-state index >= 15 is 0 Å². The van der Waals surface area contributed by atoms with E-state index in [2.05, 4.69) is 5.32 Å². The third-order valence-electron chi connectivity index (χ3n) is 2.76. The van der Waals surface area contributed by atoms with Crippen LogP contribution in [0.3, 0.4) is 0 Å². The van der Waals surface area contributed by atoms with Crippen LogP contribution in [-0.2, 0) is 0 Å². The molecule has 1 saturated carbocycles. The fourth-order valence-electron chi connectivity index (χ4n) is 1.98. The predicted molar refractivity (Wildman–Crippen MR) is 45.4 cm³/mol. The second kappa shape index (κ2) is 4.70. The molecule has 66 valence electrons. The molecule has 0 aliphatic heterocycles. The maximum absolute atomic E-state index is 12.4. The van der Waals surface area contributed by atoms with Gasteiger partial charge < -0.3 is 5.32 Å². The van der Waals surface area contributed by atoms with Gasteiger partial charge in [-0.3, -0.25) is 0 Å². The first kappa shape index (κ1) is 8.98. The zero-order chi connectivity index (χ0) is 8.10. The maximum Gasteiger partial charge on any atom is 0.105 e. The van der Waals surface area contributed by atoms with Crippen molar-refractivity contribution in [2.24, 2.45) is 5.92 Å². The van der Waals surface area contributed by atoms with Crippen LogP contribution in [0.25, 0.3) is 0 Å². The Labute approximate surface area is 68.4 Å². The summed E-state index contributed by atoms with van der Waals surface area (Å²) in [6.45, 7) is -0.207. The molecule has 0 amide bonds. The second-order valence-corrected chi connectivity index (χ2v) is 3.45. The molecule has 1 atom stereocenters. The maximum atomic E-state index is 12.4. The van der Waals surface area contributed by atoms with Crippen LogP contribution in [-0.4, -0.2) is 19.8 Å². The number of halogens is 1. The van der Waals surface area contributed by atoms with E-state index in [1.165, 1.54) is 32.1 Å². The van der Waals surface area contributed by atoms with Gasteiger partial charge in [-0.25, -0.2) is 4.39 Å².